The third-order valence-corrected chi connectivity index (χ3v) is 7.14. The van der Waals surface area contributed by atoms with Crippen molar-refractivity contribution in [2.45, 2.75) is 16.2 Å². The number of rotatable bonds is 8. The predicted octanol–water partition coefficient (Wildman–Crippen LogP) is -2.89. The average molecular weight is 598 g/mol. The summed E-state index contributed by atoms with van der Waals surface area (Å²) in [4.78, 5) is 50.6. The Morgan fingerprint density at radius 2 is 1.62 bits per heavy atom. The van der Waals surface area contributed by atoms with Crippen LogP contribution >= 0.6 is 11.8 Å². The number of nitrogens with one attached hydrogen (secondary N) is 2. The highest BCUT2D eigenvalue weighted by molar-refractivity contribution is 7.99. The van der Waals surface area contributed by atoms with Crippen LogP contribution in [0.1, 0.15) is 12.0 Å². The molecular formula is C28H31N5O8S. The van der Waals surface area contributed by atoms with Gasteiger partial charge in [0.25, 0.3) is 0 Å². The molecule has 2 aliphatic heterocycles. The van der Waals surface area contributed by atoms with Crippen LogP contribution in [0.4, 0.5) is 11.5 Å². The molecule has 0 atom stereocenters. The Morgan fingerprint density at radius 3 is 2.14 bits per heavy atom. The molecule has 0 amide bonds. The number of aromatic nitrogens is 1. The van der Waals surface area contributed by atoms with Crippen LogP contribution in [0.5, 0.6) is 0 Å². The summed E-state index contributed by atoms with van der Waals surface area (Å²) in [6, 6.07) is 12.3. The average Bonchev–Trinajstić information content (AvgIpc) is 2.96. The van der Waals surface area contributed by atoms with Gasteiger partial charge in [-0.1, -0.05) is 11.8 Å². The minimum absolute atomic E-state index is 0.447. The third-order valence-electron chi connectivity index (χ3n) is 6.05. The van der Waals surface area contributed by atoms with Crippen LogP contribution < -0.4 is 24.9 Å². The molecule has 0 spiro atoms. The van der Waals surface area contributed by atoms with Gasteiger partial charge in [-0.05, 0) is 42.5 Å². The second kappa shape index (κ2) is 17.2. The van der Waals surface area contributed by atoms with Gasteiger partial charge in [0.2, 0.25) is 0 Å². The Labute approximate surface area is 246 Å². The second-order valence-corrected chi connectivity index (χ2v) is 10.2. The van der Waals surface area contributed by atoms with E-state index in [0.29, 0.717) is 29.9 Å². The van der Waals surface area contributed by atoms with Gasteiger partial charge in [-0.25, -0.2) is 14.6 Å². The number of pyridine rings is 1. The number of carbonyl (C=O) groups excluding carboxylic acids is 2. The molecule has 0 unspecified atom stereocenters. The molecule has 4 N–H and O–H groups in total. The summed E-state index contributed by atoms with van der Waals surface area (Å²) in [7, 11) is 2.29. The summed E-state index contributed by atoms with van der Waals surface area (Å²) in [5, 5.41) is 43.7. The quantitative estimate of drug-likeness (QED) is 0.227. The zero-order valence-corrected chi connectivity index (χ0v) is 23.6. The lowest BCUT2D eigenvalue weighted by molar-refractivity contribution is -1.00. The van der Waals surface area contributed by atoms with Crippen LogP contribution in [-0.2, 0) is 19.2 Å². The smallest absolute Gasteiger partial charge is 0.328 e. The summed E-state index contributed by atoms with van der Waals surface area (Å²) in [5.41, 5.74) is 1.89. The van der Waals surface area contributed by atoms with Gasteiger partial charge in [0.15, 0.2) is 0 Å². The zero-order chi connectivity index (χ0) is 31.1. The maximum absolute atomic E-state index is 9.53. The number of nitrogens with zero attached hydrogens (tertiary/aromatic N) is 3. The number of likely N-dealkylation sites (N-methyl/N-ethyl adjacent to an activating group) is 1. The number of quaternary nitrogens is 2. The molecule has 1 saturated heterocycles. The lowest BCUT2D eigenvalue weighted by atomic mass is 10.2. The number of piperazine rings is 1. The summed E-state index contributed by atoms with van der Waals surface area (Å²) in [6.45, 7) is 7.29. The summed E-state index contributed by atoms with van der Waals surface area (Å²) in [6.07, 6.45) is 4.90. The minimum atomic E-state index is -1.51. The van der Waals surface area contributed by atoms with Crippen molar-refractivity contribution in [1.82, 2.24) is 4.98 Å². The van der Waals surface area contributed by atoms with E-state index in [-0.39, 0.29) is 0 Å². The molecule has 2 aromatic rings. The lowest BCUT2D eigenvalue weighted by Crippen LogP contribution is -3.27. The highest BCUT2D eigenvalue weighted by Gasteiger charge is 2.25. The maximum atomic E-state index is 9.53. The van der Waals surface area contributed by atoms with Crippen molar-refractivity contribution in [2.75, 3.05) is 51.2 Å². The van der Waals surface area contributed by atoms with Gasteiger partial charge in [-0.15, -0.1) is 0 Å². The van der Waals surface area contributed by atoms with E-state index in [1.807, 2.05) is 24.4 Å². The Balaban J connectivity index is 0.000000319. The fourth-order valence-electron chi connectivity index (χ4n) is 4.06. The number of hydrogen-bond donors (Lipinski definition) is 4. The monoisotopic (exact) mass is 597 g/mol. The summed E-state index contributed by atoms with van der Waals surface area (Å²) >= 11 is 1.71. The van der Waals surface area contributed by atoms with Crippen molar-refractivity contribution in [3.05, 3.63) is 66.4 Å². The fourth-order valence-corrected chi connectivity index (χ4v) is 5.16. The van der Waals surface area contributed by atoms with Crippen molar-refractivity contribution >= 4 is 47.1 Å². The number of fused-ring (bicyclic) bond motifs is 2. The second-order valence-electron chi connectivity index (χ2n) is 9.17. The molecule has 42 heavy (non-hydrogen) atoms. The molecule has 0 aliphatic carbocycles. The van der Waals surface area contributed by atoms with Gasteiger partial charge in [0.1, 0.15) is 32.0 Å². The standard InChI is InChI=1S/C20H23N5S.2C4H4O4/c1-23-10-12-24(13-11-23)8-3-9-25-17-6-5-16(15-21)14-19(17)26-18-4-2-7-22-20(18)25;2*5-3(6)1-2-4(7)8/h2,4-7,14H,3,8-13H2,1H3;2*1-2H,(H,5,6)(H,7,8)/b;2*2-1+. The van der Waals surface area contributed by atoms with Gasteiger partial charge < -0.3 is 44.7 Å². The van der Waals surface area contributed by atoms with Crippen LogP contribution in [0.25, 0.3) is 0 Å². The molecule has 1 fully saturated rings. The molecule has 2 aliphatic rings. The SMILES string of the molecule is C[NH+]1CC[NH+](CCCN2c3ccc(C#N)cc3Sc3cccnc32)CC1.O=C([O-])/C=C/C(=O)O.O=C([O-])/C=C/C(=O)O. The number of nitriles is 1. The molecule has 13 nitrogen and oxygen atoms in total. The molecule has 0 radical (unpaired) electrons. The molecule has 1 aromatic heterocycles. The highest BCUT2D eigenvalue weighted by Crippen LogP contribution is 2.47. The lowest BCUT2D eigenvalue weighted by Gasteiger charge is -2.32. The largest absolute Gasteiger partial charge is 0.545 e. The van der Waals surface area contributed by atoms with Crippen molar-refractivity contribution in [3.8, 4) is 6.07 Å². The number of carbonyl (C=O) groups is 4. The Morgan fingerprint density at radius 1 is 1.00 bits per heavy atom. The predicted molar refractivity (Wildman–Crippen MR) is 147 cm³/mol. The van der Waals surface area contributed by atoms with Gasteiger partial charge in [0, 0.05) is 36.2 Å². The number of carboxylic acid groups (broad SMARTS) is 4. The maximum Gasteiger partial charge on any atom is 0.328 e. The van der Waals surface area contributed by atoms with E-state index in [1.54, 1.807) is 21.6 Å². The summed E-state index contributed by atoms with van der Waals surface area (Å²) in [5.74, 6) is -4.56. The summed E-state index contributed by atoms with van der Waals surface area (Å²) < 4.78 is 0. The van der Waals surface area contributed by atoms with Crippen LogP contribution in [-0.4, -0.2) is 85.4 Å². The van der Waals surface area contributed by atoms with Gasteiger partial charge in [-0.3, -0.25) is 0 Å². The molecule has 0 bridgehead atoms. The van der Waals surface area contributed by atoms with E-state index in [1.165, 1.54) is 43.3 Å². The van der Waals surface area contributed by atoms with Gasteiger partial charge in [-0.2, -0.15) is 5.26 Å². The molecule has 4 rings (SSSR count). The molecule has 3 heterocycles. The van der Waals surface area contributed by atoms with E-state index < -0.39 is 23.9 Å². The first-order valence-corrected chi connectivity index (χ1v) is 13.6. The van der Waals surface area contributed by atoms with Crippen LogP contribution in [0.2, 0.25) is 0 Å². The first-order valence-electron chi connectivity index (χ1n) is 12.8. The number of carboxylic acids is 4. The van der Waals surface area contributed by atoms with Crippen molar-refractivity contribution in [2.24, 2.45) is 0 Å². The molecule has 222 valence electrons. The van der Waals surface area contributed by atoms with Crippen LogP contribution in [0, 0.1) is 11.3 Å². The van der Waals surface area contributed by atoms with E-state index >= 15 is 0 Å². The first kappa shape index (κ1) is 33.5. The van der Waals surface area contributed by atoms with Crippen molar-refractivity contribution < 1.29 is 49.4 Å². The number of hydrogen-bond acceptors (Lipinski definition) is 10. The van der Waals surface area contributed by atoms with Crippen molar-refractivity contribution in [1.29, 1.82) is 5.26 Å². The minimum Gasteiger partial charge on any atom is -0.545 e. The molecule has 1 aromatic carbocycles. The highest BCUT2D eigenvalue weighted by atomic mass is 32.2. The van der Waals surface area contributed by atoms with Crippen molar-refractivity contribution in [3.63, 3.8) is 0 Å². The number of anilines is 2. The molecular weight excluding hydrogens is 566 g/mol. The Kier molecular flexibility index (Phi) is 13.7. The van der Waals surface area contributed by atoms with Crippen LogP contribution in [0.3, 0.4) is 0 Å². The zero-order valence-electron chi connectivity index (χ0n) is 22.8. The first-order chi connectivity index (χ1) is 20.0. The van der Waals surface area contributed by atoms with Gasteiger partial charge in [0.05, 0.1) is 47.7 Å². The molecule has 14 heteroatoms. The third kappa shape index (κ3) is 11.8. The Bertz CT molecular complexity index is 1300. The van der Waals surface area contributed by atoms with Gasteiger partial charge >= 0.3 is 11.9 Å². The van der Waals surface area contributed by atoms with Crippen LogP contribution in [0.15, 0.2) is 70.6 Å². The van der Waals surface area contributed by atoms with E-state index in [2.05, 4.69) is 35.1 Å². The Hall–Kier alpha value is -4.71. The van der Waals surface area contributed by atoms with E-state index in [4.69, 9.17) is 10.2 Å². The van der Waals surface area contributed by atoms with E-state index in [0.717, 1.165) is 23.7 Å². The topological polar surface area (TPSA) is 204 Å². The van der Waals surface area contributed by atoms with E-state index in [9.17, 15) is 34.7 Å². The number of aliphatic carboxylic acids is 4. The fraction of sp³-hybridized carbons (Fsp3) is 0.286. The number of benzene rings is 1. The normalized spacial score (nSPS) is 17.0. The molecule has 0 saturated carbocycles.